The first-order valence-corrected chi connectivity index (χ1v) is 9.30. The van der Waals surface area contributed by atoms with E-state index in [9.17, 15) is 9.59 Å². The number of nitrogens with zero attached hydrogens (tertiary/aromatic N) is 4. The van der Waals surface area contributed by atoms with Crippen LogP contribution < -0.4 is 0 Å². The summed E-state index contributed by atoms with van der Waals surface area (Å²) < 4.78 is 6.91. The first-order chi connectivity index (χ1) is 13.0. The van der Waals surface area contributed by atoms with Gasteiger partial charge in [0.25, 0.3) is 5.91 Å². The second-order valence-electron chi connectivity index (χ2n) is 6.67. The summed E-state index contributed by atoms with van der Waals surface area (Å²) in [5, 5.41) is 4.57. The van der Waals surface area contributed by atoms with Crippen molar-refractivity contribution in [3.8, 4) is 0 Å². The predicted molar refractivity (Wildman–Crippen MR) is 102 cm³/mol. The molecule has 144 valence electrons. The number of piperazine rings is 1. The van der Waals surface area contributed by atoms with Gasteiger partial charge in [-0.1, -0.05) is 30.3 Å². The largest absolute Gasteiger partial charge is 0.450 e. The molecule has 27 heavy (non-hydrogen) atoms. The Hall–Kier alpha value is -2.83. The summed E-state index contributed by atoms with van der Waals surface area (Å²) in [6.45, 7) is 8.56. The molecule has 7 nitrogen and oxygen atoms in total. The van der Waals surface area contributed by atoms with Crippen molar-refractivity contribution in [3.05, 3.63) is 52.8 Å². The van der Waals surface area contributed by atoms with Crippen molar-refractivity contribution in [2.75, 3.05) is 32.8 Å². The third-order valence-electron chi connectivity index (χ3n) is 4.86. The van der Waals surface area contributed by atoms with Crippen LogP contribution in [-0.2, 0) is 11.3 Å². The van der Waals surface area contributed by atoms with Crippen LogP contribution in [0.15, 0.2) is 30.3 Å². The van der Waals surface area contributed by atoms with Gasteiger partial charge in [0.2, 0.25) is 0 Å². The lowest BCUT2D eigenvalue weighted by atomic mass is 10.1. The van der Waals surface area contributed by atoms with E-state index in [0.717, 1.165) is 17.0 Å². The third kappa shape index (κ3) is 4.13. The van der Waals surface area contributed by atoms with Crippen molar-refractivity contribution in [2.24, 2.45) is 0 Å². The first kappa shape index (κ1) is 18.9. The lowest BCUT2D eigenvalue weighted by molar-refractivity contribution is 0.0569. The number of aromatic nitrogens is 2. The topological polar surface area (TPSA) is 67.7 Å². The zero-order valence-corrected chi connectivity index (χ0v) is 16.1. The third-order valence-corrected chi connectivity index (χ3v) is 4.86. The Labute approximate surface area is 159 Å². The fourth-order valence-corrected chi connectivity index (χ4v) is 3.38. The van der Waals surface area contributed by atoms with E-state index < -0.39 is 0 Å². The minimum absolute atomic E-state index is 0.0205. The van der Waals surface area contributed by atoms with Gasteiger partial charge >= 0.3 is 6.09 Å². The molecule has 0 unspecified atom stereocenters. The molecule has 7 heteroatoms. The van der Waals surface area contributed by atoms with E-state index in [4.69, 9.17) is 4.74 Å². The summed E-state index contributed by atoms with van der Waals surface area (Å²) in [6, 6.07) is 10.1. The van der Waals surface area contributed by atoms with Gasteiger partial charge in [-0.2, -0.15) is 5.10 Å². The van der Waals surface area contributed by atoms with Crippen LogP contribution in [0.2, 0.25) is 0 Å². The van der Waals surface area contributed by atoms with Crippen molar-refractivity contribution in [2.45, 2.75) is 27.3 Å². The Morgan fingerprint density at radius 1 is 1.04 bits per heavy atom. The maximum atomic E-state index is 13.0. The van der Waals surface area contributed by atoms with Crippen LogP contribution in [0, 0.1) is 13.8 Å². The zero-order valence-electron chi connectivity index (χ0n) is 16.1. The van der Waals surface area contributed by atoms with Crippen LogP contribution in [0.5, 0.6) is 0 Å². The molecule has 0 saturated carbocycles. The number of hydrogen-bond donors (Lipinski definition) is 0. The molecule has 0 N–H and O–H groups in total. The second kappa shape index (κ2) is 8.24. The van der Waals surface area contributed by atoms with Crippen molar-refractivity contribution in [1.29, 1.82) is 0 Å². The number of carbonyl (C=O) groups excluding carboxylic acids is 2. The molecule has 1 saturated heterocycles. The van der Waals surface area contributed by atoms with Crippen LogP contribution in [0.25, 0.3) is 0 Å². The van der Waals surface area contributed by atoms with E-state index >= 15 is 0 Å². The highest BCUT2D eigenvalue weighted by Gasteiger charge is 2.28. The smallest absolute Gasteiger partial charge is 0.409 e. The van der Waals surface area contributed by atoms with Gasteiger partial charge < -0.3 is 14.5 Å². The zero-order chi connectivity index (χ0) is 19.4. The molecule has 0 spiro atoms. The summed E-state index contributed by atoms with van der Waals surface area (Å²) in [5.74, 6) is -0.0205. The minimum atomic E-state index is -0.312. The quantitative estimate of drug-likeness (QED) is 0.829. The van der Waals surface area contributed by atoms with Gasteiger partial charge in [0.15, 0.2) is 0 Å². The standard InChI is InChI=1S/C20H26N4O3/c1-4-27-20(26)23-12-10-22(11-13-23)19(25)18-15(2)21-24(16(18)3)14-17-8-6-5-7-9-17/h5-9H,4,10-14H2,1-3H3. The monoisotopic (exact) mass is 370 g/mol. The fraction of sp³-hybridized carbons (Fsp3) is 0.450. The van der Waals surface area contributed by atoms with Crippen molar-refractivity contribution < 1.29 is 14.3 Å². The summed E-state index contributed by atoms with van der Waals surface area (Å²) in [7, 11) is 0. The van der Waals surface area contributed by atoms with E-state index in [1.807, 2.05) is 48.9 Å². The number of hydrogen-bond acceptors (Lipinski definition) is 4. The Morgan fingerprint density at radius 2 is 1.67 bits per heavy atom. The molecular formula is C20H26N4O3. The van der Waals surface area contributed by atoms with Crippen molar-refractivity contribution >= 4 is 12.0 Å². The van der Waals surface area contributed by atoms with E-state index in [1.54, 1.807) is 16.7 Å². The highest BCUT2D eigenvalue weighted by atomic mass is 16.6. The van der Waals surface area contributed by atoms with Crippen LogP contribution in [0.4, 0.5) is 4.79 Å². The number of rotatable bonds is 4. The molecule has 0 atom stereocenters. The molecule has 2 heterocycles. The van der Waals surface area contributed by atoms with E-state index in [0.29, 0.717) is 44.9 Å². The average Bonchev–Trinajstić information content (AvgIpc) is 2.95. The summed E-state index contributed by atoms with van der Waals surface area (Å²) in [5.41, 5.74) is 3.41. The molecule has 1 fully saturated rings. The van der Waals surface area contributed by atoms with Gasteiger partial charge in [-0.05, 0) is 26.3 Å². The van der Waals surface area contributed by atoms with E-state index in [-0.39, 0.29) is 12.0 Å². The molecular weight excluding hydrogens is 344 g/mol. The van der Waals surface area contributed by atoms with Crippen LogP contribution in [-0.4, -0.2) is 64.4 Å². The number of ether oxygens (including phenoxy) is 1. The molecule has 2 amide bonds. The summed E-state index contributed by atoms with van der Waals surface area (Å²) in [6.07, 6.45) is -0.312. The molecule has 0 radical (unpaired) electrons. The van der Waals surface area contributed by atoms with Crippen molar-refractivity contribution in [3.63, 3.8) is 0 Å². The first-order valence-electron chi connectivity index (χ1n) is 9.30. The van der Waals surface area contributed by atoms with E-state index in [2.05, 4.69) is 5.10 Å². The average molecular weight is 370 g/mol. The fourth-order valence-electron chi connectivity index (χ4n) is 3.38. The predicted octanol–water partition coefficient (Wildman–Crippen LogP) is 2.46. The Balaban J connectivity index is 1.70. The Morgan fingerprint density at radius 3 is 2.30 bits per heavy atom. The molecule has 3 rings (SSSR count). The van der Waals surface area contributed by atoms with Gasteiger partial charge in [-0.3, -0.25) is 9.48 Å². The van der Waals surface area contributed by atoms with Crippen LogP contribution in [0.3, 0.4) is 0 Å². The Bertz CT molecular complexity index is 808. The van der Waals surface area contributed by atoms with Crippen molar-refractivity contribution in [1.82, 2.24) is 19.6 Å². The van der Waals surface area contributed by atoms with E-state index in [1.165, 1.54) is 0 Å². The van der Waals surface area contributed by atoms with Gasteiger partial charge in [-0.25, -0.2) is 4.79 Å². The molecule has 1 aromatic heterocycles. The van der Waals surface area contributed by atoms with Gasteiger partial charge in [-0.15, -0.1) is 0 Å². The lowest BCUT2D eigenvalue weighted by Gasteiger charge is -2.34. The molecule has 2 aromatic rings. The second-order valence-corrected chi connectivity index (χ2v) is 6.67. The number of benzene rings is 1. The molecule has 1 aromatic carbocycles. The summed E-state index contributed by atoms with van der Waals surface area (Å²) in [4.78, 5) is 28.3. The van der Waals surface area contributed by atoms with Gasteiger partial charge in [0, 0.05) is 31.9 Å². The normalized spacial score (nSPS) is 14.3. The van der Waals surface area contributed by atoms with Crippen LogP contribution >= 0.6 is 0 Å². The number of carbonyl (C=O) groups is 2. The lowest BCUT2D eigenvalue weighted by Crippen LogP contribution is -2.50. The number of amides is 2. The highest BCUT2D eigenvalue weighted by molar-refractivity contribution is 5.96. The van der Waals surface area contributed by atoms with Gasteiger partial charge in [0.05, 0.1) is 24.4 Å². The summed E-state index contributed by atoms with van der Waals surface area (Å²) >= 11 is 0. The minimum Gasteiger partial charge on any atom is -0.450 e. The molecule has 0 bridgehead atoms. The maximum Gasteiger partial charge on any atom is 0.409 e. The SMILES string of the molecule is CCOC(=O)N1CCN(C(=O)c2c(C)nn(Cc3ccccc3)c2C)CC1. The molecule has 0 aliphatic carbocycles. The van der Waals surface area contributed by atoms with Gasteiger partial charge in [0.1, 0.15) is 0 Å². The van der Waals surface area contributed by atoms with Crippen LogP contribution in [0.1, 0.15) is 34.2 Å². The molecule has 1 aliphatic heterocycles. The molecule has 1 aliphatic rings. The Kier molecular flexibility index (Phi) is 5.78. The maximum absolute atomic E-state index is 13.0. The number of aryl methyl sites for hydroxylation is 1. The highest BCUT2D eigenvalue weighted by Crippen LogP contribution is 2.18.